The van der Waals surface area contributed by atoms with Gasteiger partial charge in [0.25, 0.3) is 5.91 Å². The number of ether oxygens (including phenoxy) is 1. The molecule has 0 radical (unpaired) electrons. The van der Waals surface area contributed by atoms with Gasteiger partial charge in [0, 0.05) is 23.1 Å². The van der Waals surface area contributed by atoms with Crippen molar-refractivity contribution in [2.75, 3.05) is 7.11 Å². The van der Waals surface area contributed by atoms with Crippen molar-refractivity contribution in [3.8, 4) is 5.75 Å². The molecule has 1 amide bonds. The summed E-state index contributed by atoms with van der Waals surface area (Å²) in [7, 11) is 1.63. The zero-order chi connectivity index (χ0) is 20.2. The molecule has 0 saturated heterocycles. The van der Waals surface area contributed by atoms with E-state index >= 15 is 0 Å². The molecule has 0 fully saturated rings. The fourth-order valence-corrected chi connectivity index (χ4v) is 3.20. The average Bonchev–Trinajstić information content (AvgIpc) is 3.15. The summed E-state index contributed by atoms with van der Waals surface area (Å²) in [5.74, 6) is 0.191. The van der Waals surface area contributed by atoms with Crippen LogP contribution >= 0.6 is 0 Å². The molecule has 0 bridgehead atoms. The molecule has 0 atom stereocenters. The Labute approximate surface area is 167 Å². The number of rotatable bonds is 6. The maximum Gasteiger partial charge on any atom is 0.251 e. The van der Waals surface area contributed by atoms with Gasteiger partial charge in [-0.2, -0.15) is 5.10 Å². The molecule has 0 saturated carbocycles. The third-order valence-corrected chi connectivity index (χ3v) is 4.77. The standard InChI is InChI=1S/C23H20FN3O2/c1-29-20-7-4-5-16(11-20)15-27-22-12-17(9-10-19(22)14-26-27)23(28)25-13-18-6-2-3-8-21(18)24/h2-12,14H,13,15H2,1H3,(H,25,28). The van der Waals surface area contributed by atoms with E-state index in [1.807, 2.05) is 35.0 Å². The van der Waals surface area contributed by atoms with Crippen molar-refractivity contribution >= 4 is 16.8 Å². The van der Waals surface area contributed by atoms with Crippen molar-refractivity contribution in [1.82, 2.24) is 15.1 Å². The van der Waals surface area contributed by atoms with Crippen molar-refractivity contribution in [2.24, 2.45) is 0 Å². The summed E-state index contributed by atoms with van der Waals surface area (Å²) >= 11 is 0. The van der Waals surface area contributed by atoms with Crippen LogP contribution in [0.25, 0.3) is 10.9 Å². The largest absolute Gasteiger partial charge is 0.497 e. The predicted molar refractivity (Wildman–Crippen MR) is 109 cm³/mol. The Bertz CT molecular complexity index is 1170. The van der Waals surface area contributed by atoms with Crippen molar-refractivity contribution in [3.05, 3.63) is 95.4 Å². The van der Waals surface area contributed by atoms with Gasteiger partial charge in [-0.25, -0.2) is 4.39 Å². The van der Waals surface area contributed by atoms with E-state index in [0.29, 0.717) is 17.7 Å². The summed E-state index contributed by atoms with van der Waals surface area (Å²) in [5.41, 5.74) is 2.85. The second-order valence-corrected chi connectivity index (χ2v) is 6.70. The normalized spacial score (nSPS) is 10.8. The lowest BCUT2D eigenvalue weighted by Gasteiger charge is -2.08. The van der Waals surface area contributed by atoms with Crippen LogP contribution in [0.3, 0.4) is 0 Å². The van der Waals surface area contributed by atoms with Gasteiger partial charge in [-0.3, -0.25) is 9.48 Å². The lowest BCUT2D eigenvalue weighted by atomic mass is 10.1. The van der Waals surface area contributed by atoms with E-state index in [1.165, 1.54) is 6.07 Å². The predicted octanol–water partition coefficient (Wildman–Crippen LogP) is 4.16. The zero-order valence-corrected chi connectivity index (χ0v) is 15.9. The van der Waals surface area contributed by atoms with Gasteiger partial charge in [0.05, 0.1) is 25.4 Å². The molecule has 0 unspecified atom stereocenters. The molecule has 4 rings (SSSR count). The minimum atomic E-state index is -0.334. The molecular formula is C23H20FN3O2. The van der Waals surface area contributed by atoms with Crippen LogP contribution in [0.15, 0.2) is 72.9 Å². The third kappa shape index (κ3) is 4.11. The van der Waals surface area contributed by atoms with Gasteiger partial charge in [-0.1, -0.05) is 36.4 Å². The highest BCUT2D eigenvalue weighted by atomic mass is 19.1. The van der Waals surface area contributed by atoms with Gasteiger partial charge in [-0.05, 0) is 35.9 Å². The smallest absolute Gasteiger partial charge is 0.251 e. The Morgan fingerprint density at radius 2 is 1.97 bits per heavy atom. The number of halogens is 1. The fourth-order valence-electron chi connectivity index (χ4n) is 3.20. The molecule has 146 valence electrons. The quantitative estimate of drug-likeness (QED) is 0.539. The summed E-state index contributed by atoms with van der Waals surface area (Å²) in [5, 5.41) is 8.16. The van der Waals surface area contributed by atoms with Crippen molar-refractivity contribution in [3.63, 3.8) is 0 Å². The molecule has 1 N–H and O–H groups in total. The van der Waals surface area contributed by atoms with Crippen molar-refractivity contribution in [2.45, 2.75) is 13.1 Å². The van der Waals surface area contributed by atoms with Gasteiger partial charge in [0.15, 0.2) is 0 Å². The van der Waals surface area contributed by atoms with Crippen molar-refractivity contribution in [1.29, 1.82) is 0 Å². The number of nitrogens with one attached hydrogen (secondary N) is 1. The molecule has 1 heterocycles. The molecule has 0 aliphatic heterocycles. The Balaban J connectivity index is 1.54. The fraction of sp³-hybridized carbons (Fsp3) is 0.130. The molecule has 29 heavy (non-hydrogen) atoms. The van der Waals surface area contributed by atoms with Gasteiger partial charge >= 0.3 is 0 Å². The lowest BCUT2D eigenvalue weighted by molar-refractivity contribution is 0.0950. The number of fused-ring (bicyclic) bond motifs is 1. The topological polar surface area (TPSA) is 56.2 Å². The van der Waals surface area contributed by atoms with E-state index in [-0.39, 0.29) is 18.3 Å². The van der Waals surface area contributed by atoms with Gasteiger partial charge in [0.2, 0.25) is 0 Å². The van der Waals surface area contributed by atoms with E-state index < -0.39 is 0 Å². The molecule has 1 aromatic heterocycles. The molecule has 4 aromatic rings. The highest BCUT2D eigenvalue weighted by Gasteiger charge is 2.11. The van der Waals surface area contributed by atoms with Gasteiger partial charge in [-0.15, -0.1) is 0 Å². The van der Waals surface area contributed by atoms with Crippen LogP contribution in [0.2, 0.25) is 0 Å². The average molecular weight is 389 g/mol. The maximum atomic E-state index is 13.8. The van der Waals surface area contributed by atoms with E-state index in [4.69, 9.17) is 4.74 Å². The van der Waals surface area contributed by atoms with Gasteiger partial charge in [0.1, 0.15) is 11.6 Å². The number of benzene rings is 3. The van der Waals surface area contributed by atoms with Crippen LogP contribution in [-0.2, 0) is 13.1 Å². The minimum absolute atomic E-state index is 0.132. The summed E-state index contributed by atoms with van der Waals surface area (Å²) in [6.45, 7) is 0.688. The van der Waals surface area contributed by atoms with Crippen LogP contribution in [-0.4, -0.2) is 22.8 Å². The van der Waals surface area contributed by atoms with Crippen LogP contribution < -0.4 is 10.1 Å². The van der Waals surface area contributed by atoms with Crippen LogP contribution in [0.4, 0.5) is 4.39 Å². The number of carbonyl (C=O) groups excluding carboxylic acids is 1. The number of nitrogens with zero attached hydrogens (tertiary/aromatic N) is 2. The first-order valence-corrected chi connectivity index (χ1v) is 9.24. The first-order valence-electron chi connectivity index (χ1n) is 9.24. The first kappa shape index (κ1) is 18.7. The summed E-state index contributed by atoms with van der Waals surface area (Å²) < 4.78 is 20.9. The summed E-state index contributed by atoms with van der Waals surface area (Å²) in [6, 6.07) is 19.6. The Morgan fingerprint density at radius 3 is 2.79 bits per heavy atom. The number of methoxy groups -OCH3 is 1. The monoisotopic (exact) mass is 389 g/mol. The lowest BCUT2D eigenvalue weighted by Crippen LogP contribution is -2.23. The minimum Gasteiger partial charge on any atom is -0.497 e. The molecule has 0 spiro atoms. The van der Waals surface area contributed by atoms with E-state index in [2.05, 4.69) is 10.4 Å². The van der Waals surface area contributed by atoms with E-state index in [1.54, 1.807) is 43.6 Å². The maximum absolute atomic E-state index is 13.8. The number of amides is 1. The molecule has 5 nitrogen and oxygen atoms in total. The highest BCUT2D eigenvalue weighted by molar-refractivity contribution is 5.97. The second kappa shape index (κ2) is 8.14. The summed E-state index contributed by atoms with van der Waals surface area (Å²) in [6.07, 6.45) is 1.77. The van der Waals surface area contributed by atoms with Gasteiger partial charge < -0.3 is 10.1 Å². The number of hydrogen-bond acceptors (Lipinski definition) is 3. The Kier molecular flexibility index (Phi) is 5.24. The second-order valence-electron chi connectivity index (χ2n) is 6.70. The van der Waals surface area contributed by atoms with Crippen LogP contribution in [0.1, 0.15) is 21.5 Å². The molecule has 3 aromatic carbocycles. The third-order valence-electron chi connectivity index (χ3n) is 4.77. The van der Waals surface area contributed by atoms with Crippen molar-refractivity contribution < 1.29 is 13.9 Å². The molecule has 0 aliphatic carbocycles. The van der Waals surface area contributed by atoms with E-state index in [9.17, 15) is 9.18 Å². The zero-order valence-electron chi connectivity index (χ0n) is 15.9. The molecule has 6 heteroatoms. The number of aromatic nitrogens is 2. The SMILES string of the molecule is COc1cccc(Cn2ncc3ccc(C(=O)NCc4ccccc4F)cc32)c1. The number of carbonyl (C=O) groups is 1. The van der Waals surface area contributed by atoms with Crippen LogP contribution in [0.5, 0.6) is 5.75 Å². The number of hydrogen-bond donors (Lipinski definition) is 1. The van der Waals surface area contributed by atoms with E-state index in [0.717, 1.165) is 22.2 Å². The Morgan fingerprint density at radius 1 is 1.10 bits per heavy atom. The van der Waals surface area contributed by atoms with Crippen LogP contribution in [0, 0.1) is 5.82 Å². The first-order chi connectivity index (χ1) is 14.1. The highest BCUT2D eigenvalue weighted by Crippen LogP contribution is 2.19. The molecule has 0 aliphatic rings. The summed E-state index contributed by atoms with van der Waals surface area (Å²) in [4.78, 5) is 12.6. The molecular weight excluding hydrogens is 369 g/mol. The Hall–Kier alpha value is -3.67.